The van der Waals surface area contributed by atoms with Crippen LogP contribution in [0.2, 0.25) is 0 Å². The summed E-state index contributed by atoms with van der Waals surface area (Å²) in [5, 5.41) is 9.74. The minimum Gasteiger partial charge on any atom is -0.395 e. The van der Waals surface area contributed by atoms with Gasteiger partial charge in [0.05, 0.1) is 12.8 Å². The van der Waals surface area contributed by atoms with Crippen LogP contribution in [0.15, 0.2) is 0 Å². The molecule has 1 N–H and O–H groups in total. The summed E-state index contributed by atoms with van der Waals surface area (Å²) in [5.41, 5.74) is -2.80. The maximum absolute atomic E-state index is 11.2. The Hall–Kier alpha value is -2.62. The van der Waals surface area contributed by atoms with E-state index in [0.717, 1.165) is 0 Å². The molecule has 0 saturated carbocycles. The summed E-state index contributed by atoms with van der Waals surface area (Å²) < 4.78 is 11.4. The Morgan fingerprint density at radius 1 is 0.842 bits per heavy atom. The number of carbonyl (C=O) groups is 6. The fraction of sp³-hybridized carbons (Fsp3) is 0.333. The Morgan fingerprint density at radius 3 is 1.53 bits per heavy atom. The van der Waals surface area contributed by atoms with Crippen molar-refractivity contribution < 1.29 is 48.1 Å². The van der Waals surface area contributed by atoms with E-state index in [1.54, 1.807) is 0 Å². The van der Waals surface area contributed by atoms with Crippen LogP contribution in [0.5, 0.6) is 0 Å². The molecule has 0 amide bonds. The topological polar surface area (TPSA) is 150 Å². The second-order valence-electron chi connectivity index (χ2n) is 3.06. The summed E-state index contributed by atoms with van der Waals surface area (Å²) in [6.45, 7) is -0.876. The van der Waals surface area contributed by atoms with Crippen molar-refractivity contribution in [1.29, 1.82) is 0 Å². The van der Waals surface area contributed by atoms with Gasteiger partial charge in [-0.1, -0.05) is 0 Å². The Morgan fingerprint density at radius 2 is 1.21 bits per heavy atom. The van der Waals surface area contributed by atoms with E-state index in [1.807, 2.05) is 0 Å². The molecule has 0 fully saturated rings. The molecule has 104 valence electrons. The van der Waals surface area contributed by atoms with Gasteiger partial charge in [-0.2, -0.15) is 0 Å². The molecule has 10 heteroatoms. The molecule has 19 heavy (non-hydrogen) atoms. The van der Waals surface area contributed by atoms with E-state index >= 15 is 0 Å². The first-order chi connectivity index (χ1) is 8.89. The van der Waals surface area contributed by atoms with Crippen molar-refractivity contribution in [2.24, 2.45) is 0 Å². The van der Waals surface area contributed by atoms with E-state index in [9.17, 15) is 33.9 Å². The SMILES string of the molecule is O=COC(=O)CC(O)(CC(=O)OC=O)C(=O)OC=O. The maximum atomic E-state index is 11.2. The van der Waals surface area contributed by atoms with E-state index in [0.29, 0.717) is 0 Å². The molecular weight excluding hydrogens is 268 g/mol. The third kappa shape index (κ3) is 5.50. The molecule has 10 nitrogen and oxygen atoms in total. The van der Waals surface area contributed by atoms with Gasteiger partial charge in [0.25, 0.3) is 0 Å². The summed E-state index contributed by atoms with van der Waals surface area (Å²) in [6.07, 6.45) is -2.32. The van der Waals surface area contributed by atoms with Crippen LogP contribution in [-0.4, -0.2) is 48.0 Å². The molecule has 0 radical (unpaired) electrons. The predicted octanol–water partition coefficient (Wildman–Crippen LogP) is -2.40. The molecule has 0 aromatic heterocycles. The highest BCUT2D eigenvalue weighted by molar-refractivity contribution is 5.93. The Labute approximate surface area is 105 Å². The number of rotatable bonds is 8. The number of aliphatic hydroxyl groups is 1. The zero-order valence-electron chi connectivity index (χ0n) is 9.27. The first kappa shape index (κ1) is 16.4. The van der Waals surface area contributed by atoms with Gasteiger partial charge in [0, 0.05) is 0 Å². The van der Waals surface area contributed by atoms with Gasteiger partial charge in [-0.15, -0.1) is 0 Å². The van der Waals surface area contributed by atoms with Crippen LogP contribution in [0.3, 0.4) is 0 Å². The van der Waals surface area contributed by atoms with Gasteiger partial charge in [0.15, 0.2) is 5.60 Å². The molecule has 0 aromatic rings. The van der Waals surface area contributed by atoms with Gasteiger partial charge >= 0.3 is 37.3 Å². The fourth-order valence-corrected chi connectivity index (χ4v) is 1.03. The van der Waals surface area contributed by atoms with Gasteiger partial charge in [0.2, 0.25) is 0 Å². The smallest absolute Gasteiger partial charge is 0.346 e. The molecule has 0 aliphatic rings. The molecule has 0 aliphatic heterocycles. The van der Waals surface area contributed by atoms with Crippen LogP contribution in [0.4, 0.5) is 0 Å². The lowest BCUT2D eigenvalue weighted by Crippen LogP contribution is -2.44. The quantitative estimate of drug-likeness (QED) is 0.220. The summed E-state index contributed by atoms with van der Waals surface area (Å²) in [5.74, 6) is -4.37. The predicted molar refractivity (Wildman–Crippen MR) is 50.7 cm³/mol. The Kier molecular flexibility index (Phi) is 6.60. The maximum Gasteiger partial charge on any atom is 0.346 e. The van der Waals surface area contributed by atoms with Crippen LogP contribution in [-0.2, 0) is 43.0 Å². The number of ether oxygens (including phenoxy) is 3. The minimum absolute atomic E-state index is 0.266. The van der Waals surface area contributed by atoms with Crippen LogP contribution in [0.1, 0.15) is 12.8 Å². The molecule has 0 atom stereocenters. The monoisotopic (exact) mass is 276 g/mol. The third-order valence-corrected chi connectivity index (χ3v) is 1.77. The van der Waals surface area contributed by atoms with Crippen molar-refractivity contribution in [1.82, 2.24) is 0 Å². The van der Waals surface area contributed by atoms with E-state index < -0.39 is 36.4 Å². The summed E-state index contributed by atoms with van der Waals surface area (Å²) in [4.78, 5) is 63.0. The second-order valence-corrected chi connectivity index (χ2v) is 3.06. The molecule has 0 aliphatic carbocycles. The zero-order chi connectivity index (χ0) is 14.9. The average molecular weight is 276 g/mol. The molecule has 0 saturated heterocycles. The van der Waals surface area contributed by atoms with Gasteiger partial charge in [-0.3, -0.25) is 24.0 Å². The zero-order valence-corrected chi connectivity index (χ0v) is 9.27. The second kappa shape index (κ2) is 7.66. The van der Waals surface area contributed by atoms with Crippen LogP contribution in [0, 0.1) is 0 Å². The van der Waals surface area contributed by atoms with Crippen molar-refractivity contribution in [3.05, 3.63) is 0 Å². The van der Waals surface area contributed by atoms with E-state index in [-0.39, 0.29) is 19.4 Å². The normalized spacial score (nSPS) is 9.95. The molecule has 0 aromatic carbocycles. The number of esters is 3. The van der Waals surface area contributed by atoms with E-state index in [4.69, 9.17) is 0 Å². The minimum atomic E-state index is -2.80. The highest BCUT2D eigenvalue weighted by Crippen LogP contribution is 2.19. The summed E-state index contributed by atoms with van der Waals surface area (Å²) in [7, 11) is 0. The van der Waals surface area contributed by atoms with Crippen molar-refractivity contribution in [2.75, 3.05) is 0 Å². The van der Waals surface area contributed by atoms with Gasteiger partial charge in [-0.05, 0) is 0 Å². The lowest BCUT2D eigenvalue weighted by atomic mass is 9.96. The highest BCUT2D eigenvalue weighted by atomic mass is 16.6. The number of hydrogen-bond acceptors (Lipinski definition) is 10. The lowest BCUT2D eigenvalue weighted by molar-refractivity contribution is -0.179. The number of carbonyl (C=O) groups excluding carboxylic acids is 6. The Bertz CT molecular complexity index is 374. The summed E-state index contributed by atoms with van der Waals surface area (Å²) >= 11 is 0. The fourth-order valence-electron chi connectivity index (χ4n) is 1.03. The van der Waals surface area contributed by atoms with Gasteiger partial charge in [0.1, 0.15) is 0 Å². The van der Waals surface area contributed by atoms with Crippen LogP contribution >= 0.6 is 0 Å². The first-order valence-electron chi connectivity index (χ1n) is 4.53. The summed E-state index contributed by atoms with van der Waals surface area (Å²) in [6, 6.07) is 0. The molecule has 0 bridgehead atoms. The molecule has 0 unspecified atom stereocenters. The number of hydrogen-bond donors (Lipinski definition) is 1. The highest BCUT2D eigenvalue weighted by Gasteiger charge is 2.43. The Balaban J connectivity index is 4.99. The largest absolute Gasteiger partial charge is 0.395 e. The van der Waals surface area contributed by atoms with Crippen LogP contribution in [0.25, 0.3) is 0 Å². The third-order valence-electron chi connectivity index (χ3n) is 1.77. The van der Waals surface area contributed by atoms with E-state index in [2.05, 4.69) is 14.2 Å². The van der Waals surface area contributed by atoms with Gasteiger partial charge in [-0.25, -0.2) is 4.79 Å². The van der Waals surface area contributed by atoms with Gasteiger partial charge < -0.3 is 19.3 Å². The molecular formula is C9H8O10. The van der Waals surface area contributed by atoms with Crippen molar-refractivity contribution in [3.63, 3.8) is 0 Å². The van der Waals surface area contributed by atoms with Crippen molar-refractivity contribution in [3.8, 4) is 0 Å². The molecule has 0 spiro atoms. The van der Waals surface area contributed by atoms with Crippen LogP contribution < -0.4 is 0 Å². The van der Waals surface area contributed by atoms with Crippen molar-refractivity contribution >= 4 is 37.3 Å². The standard InChI is InChI=1S/C9H8O10/c10-3-17-6(13)1-9(16,8(15)19-5-12)2-7(14)18-4-11/h3-5,16H,1-2H2. The molecule has 0 rings (SSSR count). The van der Waals surface area contributed by atoms with Crippen molar-refractivity contribution in [2.45, 2.75) is 18.4 Å². The first-order valence-corrected chi connectivity index (χ1v) is 4.53. The average Bonchev–Trinajstić information content (AvgIpc) is 2.29. The van der Waals surface area contributed by atoms with E-state index in [1.165, 1.54) is 0 Å². The molecule has 0 heterocycles. The lowest BCUT2D eigenvalue weighted by Gasteiger charge is -2.21.